The van der Waals surface area contributed by atoms with Gasteiger partial charge < -0.3 is 14.8 Å². The van der Waals surface area contributed by atoms with Gasteiger partial charge in [-0.05, 0) is 48.4 Å². The van der Waals surface area contributed by atoms with Gasteiger partial charge in [-0.2, -0.15) is 0 Å². The van der Waals surface area contributed by atoms with Gasteiger partial charge in [0.2, 0.25) is 0 Å². The van der Waals surface area contributed by atoms with Gasteiger partial charge >= 0.3 is 0 Å². The first-order valence-electron chi connectivity index (χ1n) is 10.2. The van der Waals surface area contributed by atoms with Crippen molar-refractivity contribution in [2.24, 2.45) is 0 Å². The molecule has 0 aliphatic heterocycles. The van der Waals surface area contributed by atoms with E-state index in [1.54, 1.807) is 12.1 Å². The number of ether oxygens (including phenoxy) is 2. The maximum absolute atomic E-state index is 13.0. The van der Waals surface area contributed by atoms with Gasteiger partial charge in [-0.1, -0.05) is 48.0 Å². The molecule has 3 aromatic rings. The lowest BCUT2D eigenvalue weighted by Crippen LogP contribution is -2.28. The summed E-state index contributed by atoms with van der Waals surface area (Å²) in [6.45, 7) is 2.80. The summed E-state index contributed by atoms with van der Waals surface area (Å²) in [4.78, 5) is 12.7. The van der Waals surface area contributed by atoms with Gasteiger partial charge in [0.25, 0.3) is 15.9 Å². The molecule has 0 atom stereocenters. The van der Waals surface area contributed by atoms with Crippen LogP contribution in [0.3, 0.4) is 0 Å². The molecule has 0 heterocycles. The third kappa shape index (κ3) is 6.71. The molecule has 9 heteroatoms. The zero-order valence-corrected chi connectivity index (χ0v) is 19.9. The van der Waals surface area contributed by atoms with E-state index in [0.717, 1.165) is 11.1 Å². The third-order valence-electron chi connectivity index (χ3n) is 4.72. The highest BCUT2D eigenvalue weighted by Gasteiger charge is 2.22. The van der Waals surface area contributed by atoms with Crippen molar-refractivity contribution < 1.29 is 22.7 Å². The Morgan fingerprint density at radius 1 is 1.03 bits per heavy atom. The molecule has 7 nitrogen and oxygen atoms in total. The summed E-state index contributed by atoms with van der Waals surface area (Å²) in [5.74, 6) is -0.271. The predicted octanol–water partition coefficient (Wildman–Crippen LogP) is 4.40. The molecule has 33 heavy (non-hydrogen) atoms. The zero-order chi connectivity index (χ0) is 23.8. The minimum Gasteiger partial charge on any atom is -0.495 e. The SMILES string of the molecule is COc1cc(C)ccc1S(=O)(=O)Nc1ccc(Cl)cc1C(=O)NCCOCc1ccccc1. The van der Waals surface area contributed by atoms with Gasteiger partial charge in [-0.25, -0.2) is 8.42 Å². The topological polar surface area (TPSA) is 93.7 Å². The van der Waals surface area contributed by atoms with Crippen LogP contribution in [0.4, 0.5) is 5.69 Å². The van der Waals surface area contributed by atoms with E-state index in [9.17, 15) is 13.2 Å². The summed E-state index contributed by atoms with van der Waals surface area (Å²) in [6.07, 6.45) is 0. The van der Waals surface area contributed by atoms with Gasteiger partial charge in [-0.3, -0.25) is 9.52 Å². The Labute approximate surface area is 198 Å². The number of hydrogen-bond acceptors (Lipinski definition) is 5. The standard InChI is InChI=1S/C24H25ClN2O5S/c1-17-8-11-23(22(14-17)31-2)33(29,30)27-21-10-9-19(25)15-20(21)24(28)26-12-13-32-16-18-6-4-3-5-7-18/h3-11,14-15,27H,12-13,16H2,1-2H3,(H,26,28). The van der Waals surface area contributed by atoms with Gasteiger partial charge in [0.05, 0.1) is 31.6 Å². The number of methoxy groups -OCH3 is 1. The molecule has 0 aromatic heterocycles. The third-order valence-corrected chi connectivity index (χ3v) is 6.36. The second-order valence-corrected chi connectivity index (χ2v) is 9.33. The van der Waals surface area contributed by atoms with Crippen molar-refractivity contribution >= 4 is 33.2 Å². The van der Waals surface area contributed by atoms with Crippen molar-refractivity contribution in [1.82, 2.24) is 5.32 Å². The number of rotatable bonds is 10. The van der Waals surface area contributed by atoms with Crippen LogP contribution >= 0.6 is 11.6 Å². The van der Waals surface area contributed by atoms with Crippen LogP contribution in [0.5, 0.6) is 5.75 Å². The van der Waals surface area contributed by atoms with Gasteiger partial charge in [0.1, 0.15) is 10.6 Å². The van der Waals surface area contributed by atoms with Crippen LogP contribution in [0.15, 0.2) is 71.6 Å². The number of sulfonamides is 1. The van der Waals surface area contributed by atoms with Crippen LogP contribution in [-0.4, -0.2) is 34.6 Å². The van der Waals surface area contributed by atoms with Crippen molar-refractivity contribution in [2.45, 2.75) is 18.4 Å². The highest BCUT2D eigenvalue weighted by atomic mass is 35.5. The number of benzene rings is 3. The molecule has 3 rings (SSSR count). The van der Waals surface area contributed by atoms with E-state index in [-0.39, 0.29) is 28.4 Å². The van der Waals surface area contributed by atoms with Crippen LogP contribution < -0.4 is 14.8 Å². The van der Waals surface area contributed by atoms with Gasteiger partial charge in [0, 0.05) is 11.6 Å². The Bertz CT molecular complexity index is 1220. The quantitative estimate of drug-likeness (QED) is 0.412. The highest BCUT2D eigenvalue weighted by Crippen LogP contribution is 2.29. The Kier molecular flexibility index (Phi) is 8.32. The molecule has 0 saturated heterocycles. The largest absolute Gasteiger partial charge is 0.495 e. The van der Waals surface area contributed by atoms with Crippen LogP contribution in [-0.2, 0) is 21.4 Å². The first-order chi connectivity index (χ1) is 15.8. The van der Waals surface area contributed by atoms with Crippen molar-refractivity contribution in [3.63, 3.8) is 0 Å². The van der Waals surface area contributed by atoms with E-state index < -0.39 is 15.9 Å². The molecule has 0 fully saturated rings. The van der Waals surface area contributed by atoms with Gasteiger partial charge in [0.15, 0.2) is 0 Å². The van der Waals surface area contributed by atoms with E-state index >= 15 is 0 Å². The number of hydrogen-bond donors (Lipinski definition) is 2. The van der Waals surface area contributed by atoms with E-state index in [4.69, 9.17) is 21.1 Å². The van der Waals surface area contributed by atoms with Crippen LogP contribution in [0, 0.1) is 6.92 Å². The Morgan fingerprint density at radius 3 is 2.52 bits per heavy atom. The zero-order valence-electron chi connectivity index (χ0n) is 18.3. The van der Waals surface area contributed by atoms with Crippen molar-refractivity contribution in [3.05, 3.63) is 88.4 Å². The van der Waals surface area contributed by atoms with Crippen molar-refractivity contribution in [3.8, 4) is 5.75 Å². The van der Waals surface area contributed by atoms with E-state index in [0.29, 0.717) is 18.2 Å². The Hall–Kier alpha value is -3.07. The molecule has 0 radical (unpaired) electrons. The lowest BCUT2D eigenvalue weighted by atomic mass is 10.1. The number of aryl methyl sites for hydroxylation is 1. The first kappa shape index (κ1) is 24.6. The van der Waals surface area contributed by atoms with Crippen LogP contribution in [0.1, 0.15) is 21.5 Å². The number of halogens is 1. The normalized spacial score (nSPS) is 11.1. The summed E-state index contributed by atoms with van der Waals surface area (Å²) in [5.41, 5.74) is 2.08. The fraction of sp³-hybridized carbons (Fsp3) is 0.208. The smallest absolute Gasteiger partial charge is 0.265 e. The Morgan fingerprint density at radius 2 is 1.79 bits per heavy atom. The van der Waals surface area contributed by atoms with Crippen molar-refractivity contribution in [2.75, 3.05) is 25.0 Å². The predicted molar refractivity (Wildman–Crippen MR) is 128 cm³/mol. The van der Waals surface area contributed by atoms with Crippen LogP contribution in [0.25, 0.3) is 0 Å². The summed E-state index contributed by atoms with van der Waals surface area (Å²) >= 11 is 6.06. The highest BCUT2D eigenvalue weighted by molar-refractivity contribution is 7.92. The molecule has 0 aliphatic carbocycles. The molecule has 0 saturated carbocycles. The maximum Gasteiger partial charge on any atom is 0.265 e. The van der Waals surface area contributed by atoms with Crippen molar-refractivity contribution in [1.29, 1.82) is 0 Å². The van der Waals surface area contributed by atoms with Crippen LogP contribution in [0.2, 0.25) is 5.02 Å². The number of carbonyl (C=O) groups is 1. The molecule has 0 unspecified atom stereocenters. The number of anilines is 1. The van der Waals surface area contributed by atoms with E-state index in [1.807, 2.05) is 37.3 Å². The lowest BCUT2D eigenvalue weighted by molar-refractivity contribution is 0.0901. The fourth-order valence-electron chi connectivity index (χ4n) is 3.09. The molecule has 1 amide bonds. The molecule has 0 spiro atoms. The Balaban J connectivity index is 1.69. The maximum atomic E-state index is 13.0. The fourth-order valence-corrected chi connectivity index (χ4v) is 4.49. The summed E-state index contributed by atoms with van der Waals surface area (Å²) in [7, 11) is -2.63. The summed E-state index contributed by atoms with van der Waals surface area (Å²) in [6, 6.07) is 18.8. The first-order valence-corrected chi connectivity index (χ1v) is 12.0. The van der Waals surface area contributed by atoms with E-state index in [2.05, 4.69) is 10.0 Å². The molecular formula is C24H25ClN2O5S. The molecular weight excluding hydrogens is 464 g/mol. The molecule has 3 aromatic carbocycles. The summed E-state index contributed by atoms with van der Waals surface area (Å²) < 4.78 is 39.3. The monoisotopic (exact) mass is 488 g/mol. The minimum atomic E-state index is -4.02. The molecule has 0 bridgehead atoms. The molecule has 174 valence electrons. The average molecular weight is 489 g/mol. The number of nitrogens with one attached hydrogen (secondary N) is 2. The summed E-state index contributed by atoms with van der Waals surface area (Å²) in [5, 5.41) is 3.03. The second-order valence-electron chi connectivity index (χ2n) is 7.24. The number of carbonyl (C=O) groups excluding carboxylic acids is 1. The second kappa shape index (κ2) is 11.2. The lowest BCUT2D eigenvalue weighted by Gasteiger charge is -2.15. The molecule has 2 N–H and O–H groups in total. The van der Waals surface area contributed by atoms with Gasteiger partial charge in [-0.15, -0.1) is 0 Å². The minimum absolute atomic E-state index is 0.0359. The number of amides is 1. The molecule has 0 aliphatic rings. The average Bonchev–Trinajstić information content (AvgIpc) is 2.80. The van der Waals surface area contributed by atoms with E-state index in [1.165, 1.54) is 31.4 Å².